The van der Waals surface area contributed by atoms with E-state index in [0.29, 0.717) is 17.0 Å². The van der Waals surface area contributed by atoms with Crippen molar-refractivity contribution in [3.05, 3.63) is 88.2 Å². The number of benzene rings is 3. The number of carbonyl (C=O) groups excluding carboxylic acids is 2. The molecule has 2 heterocycles. The lowest BCUT2D eigenvalue weighted by atomic mass is 10.0. The first-order valence-electron chi connectivity index (χ1n) is 10.7. The van der Waals surface area contributed by atoms with Gasteiger partial charge in [-0.15, -0.1) is 11.3 Å². The number of amides is 1. The van der Waals surface area contributed by atoms with Gasteiger partial charge in [0.05, 0.1) is 22.9 Å². The van der Waals surface area contributed by atoms with E-state index in [0.717, 1.165) is 32.3 Å². The summed E-state index contributed by atoms with van der Waals surface area (Å²) in [6.45, 7) is 3.88. The van der Waals surface area contributed by atoms with Gasteiger partial charge in [-0.05, 0) is 43.2 Å². The summed E-state index contributed by atoms with van der Waals surface area (Å²) in [5.41, 5.74) is 5.09. The highest BCUT2D eigenvalue weighted by Gasteiger charge is 2.28. The van der Waals surface area contributed by atoms with Gasteiger partial charge in [0.25, 0.3) is 5.91 Å². The Bertz CT molecular complexity index is 1340. The van der Waals surface area contributed by atoms with Crippen LogP contribution in [0.15, 0.2) is 72.8 Å². The summed E-state index contributed by atoms with van der Waals surface area (Å²) in [4.78, 5) is 33.0. The second kappa shape index (κ2) is 8.64. The zero-order valence-electron chi connectivity index (χ0n) is 18.4. The van der Waals surface area contributed by atoms with Crippen molar-refractivity contribution in [2.24, 2.45) is 0 Å². The molecule has 33 heavy (non-hydrogen) atoms. The van der Waals surface area contributed by atoms with Crippen LogP contribution in [0, 0.1) is 13.8 Å². The second-order valence-electron chi connectivity index (χ2n) is 7.96. The molecule has 0 saturated carbocycles. The molecule has 1 aromatic heterocycles. The molecule has 0 unspecified atom stereocenters. The zero-order chi connectivity index (χ0) is 22.9. The molecule has 5 rings (SSSR count). The average molecular weight is 455 g/mol. The third-order valence-electron chi connectivity index (χ3n) is 5.69. The van der Waals surface area contributed by atoms with Gasteiger partial charge < -0.3 is 4.74 Å². The van der Waals surface area contributed by atoms with Gasteiger partial charge in [0.1, 0.15) is 5.75 Å². The van der Waals surface area contributed by atoms with Gasteiger partial charge in [0.2, 0.25) is 0 Å². The van der Waals surface area contributed by atoms with Gasteiger partial charge in [-0.2, -0.15) is 0 Å². The minimum atomic E-state index is -0.236. The van der Waals surface area contributed by atoms with Crippen molar-refractivity contribution in [1.82, 2.24) is 4.98 Å². The summed E-state index contributed by atoms with van der Waals surface area (Å²) in [5, 5.41) is 0.985. The molecule has 0 fully saturated rings. The van der Waals surface area contributed by atoms with E-state index in [2.05, 4.69) is 4.98 Å². The number of thiazole rings is 1. The molecule has 164 valence electrons. The van der Waals surface area contributed by atoms with Crippen LogP contribution in [0.5, 0.6) is 5.75 Å². The first kappa shape index (κ1) is 21.1. The fourth-order valence-corrected chi connectivity index (χ4v) is 4.87. The maximum absolute atomic E-state index is 13.1. The van der Waals surface area contributed by atoms with Gasteiger partial charge in [0, 0.05) is 16.0 Å². The Balaban J connectivity index is 1.42. The Labute approximate surface area is 196 Å². The minimum Gasteiger partial charge on any atom is -0.482 e. The molecule has 0 atom stereocenters. The maximum Gasteiger partial charge on any atom is 0.265 e. The largest absolute Gasteiger partial charge is 0.482 e. The van der Waals surface area contributed by atoms with Crippen molar-refractivity contribution in [2.75, 3.05) is 18.1 Å². The highest BCUT2D eigenvalue weighted by Crippen LogP contribution is 2.37. The lowest BCUT2D eigenvalue weighted by Crippen LogP contribution is -2.42. The fourth-order valence-electron chi connectivity index (χ4n) is 4.03. The quantitative estimate of drug-likeness (QED) is 0.363. The lowest BCUT2D eigenvalue weighted by Gasteiger charge is -2.29. The molecule has 0 N–H and O–H groups in total. The van der Waals surface area contributed by atoms with Gasteiger partial charge >= 0.3 is 0 Å². The molecule has 0 saturated heterocycles. The number of aromatic nitrogens is 1. The predicted molar refractivity (Wildman–Crippen MR) is 131 cm³/mol. The Hall–Kier alpha value is -3.77. The van der Waals surface area contributed by atoms with Crippen LogP contribution in [0.3, 0.4) is 0 Å². The Morgan fingerprint density at radius 3 is 2.36 bits per heavy atom. The second-order valence-corrected chi connectivity index (χ2v) is 9.36. The Morgan fingerprint density at radius 2 is 1.67 bits per heavy atom. The van der Waals surface area contributed by atoms with Gasteiger partial charge in [-0.1, -0.05) is 54.6 Å². The van der Waals surface area contributed by atoms with E-state index in [9.17, 15) is 9.59 Å². The molecule has 0 bridgehead atoms. The number of ether oxygens (including phenoxy) is 1. The number of rotatable bonds is 5. The van der Waals surface area contributed by atoms with Crippen molar-refractivity contribution < 1.29 is 14.3 Å². The third-order valence-corrected chi connectivity index (χ3v) is 6.58. The number of anilines is 1. The van der Waals surface area contributed by atoms with Crippen LogP contribution < -0.4 is 9.64 Å². The van der Waals surface area contributed by atoms with Crippen LogP contribution in [0.25, 0.3) is 22.4 Å². The van der Waals surface area contributed by atoms with Crippen LogP contribution >= 0.6 is 11.3 Å². The van der Waals surface area contributed by atoms with Crippen LogP contribution in [-0.4, -0.2) is 29.8 Å². The van der Waals surface area contributed by atoms with E-state index in [4.69, 9.17) is 4.74 Å². The molecule has 1 amide bonds. The summed E-state index contributed by atoms with van der Waals surface area (Å²) < 4.78 is 5.62. The molecule has 1 aliphatic rings. The van der Waals surface area contributed by atoms with Crippen molar-refractivity contribution in [2.45, 2.75) is 13.8 Å². The minimum absolute atomic E-state index is 0.0432. The number of nitrogens with zero attached hydrogens (tertiary/aromatic N) is 2. The smallest absolute Gasteiger partial charge is 0.265 e. The van der Waals surface area contributed by atoms with Crippen LogP contribution in [0.1, 0.15) is 20.2 Å². The number of aryl methyl sites for hydroxylation is 2. The van der Waals surface area contributed by atoms with Crippen LogP contribution in [-0.2, 0) is 4.79 Å². The van der Waals surface area contributed by atoms with Crippen molar-refractivity contribution >= 4 is 28.7 Å². The number of carbonyl (C=O) groups is 2. The summed E-state index contributed by atoms with van der Waals surface area (Å²) in [6.07, 6.45) is 0. The number of hydrogen-bond acceptors (Lipinski definition) is 5. The predicted octanol–water partition coefficient (Wildman–Crippen LogP) is 5.70. The molecule has 6 heteroatoms. The summed E-state index contributed by atoms with van der Waals surface area (Å²) in [5.74, 6) is 0.233. The highest BCUT2D eigenvalue weighted by atomic mass is 32.1. The van der Waals surface area contributed by atoms with E-state index >= 15 is 0 Å². The van der Waals surface area contributed by atoms with Crippen LogP contribution in [0.4, 0.5) is 5.69 Å². The molecule has 0 aliphatic carbocycles. The fraction of sp³-hybridized carbons (Fsp3) is 0.148. The van der Waals surface area contributed by atoms with Crippen molar-refractivity contribution in [3.8, 4) is 28.1 Å². The SMILES string of the molecule is Cc1nc(-c2ccc3c(c2)N(CC(=O)c2ccc(-c4ccccc4)cc2)C(=O)CO3)c(C)s1. The van der Waals surface area contributed by atoms with Crippen molar-refractivity contribution in [1.29, 1.82) is 0 Å². The molecule has 5 nitrogen and oxygen atoms in total. The van der Waals surface area contributed by atoms with Gasteiger partial charge in [0.15, 0.2) is 12.4 Å². The monoisotopic (exact) mass is 454 g/mol. The normalized spacial score (nSPS) is 12.9. The van der Waals surface area contributed by atoms with E-state index in [1.54, 1.807) is 11.3 Å². The molecule has 4 aromatic rings. The summed E-state index contributed by atoms with van der Waals surface area (Å²) in [7, 11) is 0. The number of Topliss-reactive ketones (excluding diaryl/α,β-unsaturated/α-hetero) is 1. The maximum atomic E-state index is 13.1. The van der Waals surface area contributed by atoms with E-state index in [1.807, 2.05) is 86.6 Å². The zero-order valence-corrected chi connectivity index (χ0v) is 19.2. The molecule has 3 aromatic carbocycles. The summed E-state index contributed by atoms with van der Waals surface area (Å²) >= 11 is 1.63. The van der Waals surface area contributed by atoms with E-state index < -0.39 is 0 Å². The first-order valence-corrected chi connectivity index (χ1v) is 11.5. The number of ketones is 1. The van der Waals surface area contributed by atoms with Crippen molar-refractivity contribution in [3.63, 3.8) is 0 Å². The molecular weight excluding hydrogens is 432 g/mol. The average Bonchev–Trinajstić information content (AvgIpc) is 3.19. The lowest BCUT2D eigenvalue weighted by molar-refractivity contribution is -0.121. The molecule has 0 radical (unpaired) electrons. The highest BCUT2D eigenvalue weighted by molar-refractivity contribution is 7.11. The Morgan fingerprint density at radius 1 is 0.970 bits per heavy atom. The van der Waals surface area contributed by atoms with E-state index in [-0.39, 0.29) is 24.8 Å². The first-order chi connectivity index (χ1) is 16.0. The summed E-state index contributed by atoms with van der Waals surface area (Å²) in [6, 6.07) is 23.2. The number of fused-ring (bicyclic) bond motifs is 1. The van der Waals surface area contributed by atoms with Gasteiger partial charge in [-0.25, -0.2) is 4.98 Å². The molecule has 1 aliphatic heterocycles. The topological polar surface area (TPSA) is 59.5 Å². The third kappa shape index (κ3) is 4.17. The van der Waals surface area contributed by atoms with Gasteiger partial charge in [-0.3, -0.25) is 14.5 Å². The van der Waals surface area contributed by atoms with E-state index in [1.165, 1.54) is 4.90 Å². The Kier molecular flexibility index (Phi) is 5.52. The molecule has 0 spiro atoms. The standard InChI is InChI=1S/C27H22N2O3S/c1-17-27(28-18(2)33-17)22-12-13-25-23(14-22)29(26(31)16-32-25)15-24(30)21-10-8-20(9-11-21)19-6-4-3-5-7-19/h3-14H,15-16H2,1-2H3. The number of hydrogen-bond donors (Lipinski definition) is 0. The van der Waals surface area contributed by atoms with Crippen LogP contribution in [0.2, 0.25) is 0 Å². The molecular formula is C27H22N2O3S.